The predicted octanol–water partition coefficient (Wildman–Crippen LogP) is 3.19. The quantitative estimate of drug-likeness (QED) is 0.625. The molecule has 1 aromatic rings. The fraction of sp³-hybridized carbons (Fsp3) is 0.550. The number of esters is 1. The number of nitrogens with zero attached hydrogens (tertiary/aromatic N) is 2. The molecule has 0 aromatic heterocycles. The summed E-state index contributed by atoms with van der Waals surface area (Å²) in [7, 11) is 1.61. The standard InChI is InChI=1S/C20H26Cl2N2O4/c1-3-28-20(27)15-5-4-10-24(12-15)19(26)13-23(2)18(25)9-7-14-6-8-16(21)11-17(14)22/h6,8,11,15H,3-5,7,9-10,12-13H2,1-2H3. The third kappa shape index (κ3) is 6.38. The van der Waals surface area contributed by atoms with Crippen molar-refractivity contribution in [3.8, 4) is 0 Å². The number of aryl methyl sites for hydroxylation is 1. The Morgan fingerprint density at radius 1 is 1.29 bits per heavy atom. The van der Waals surface area contributed by atoms with Crippen molar-refractivity contribution in [1.82, 2.24) is 9.80 Å². The van der Waals surface area contributed by atoms with Gasteiger partial charge in [0.05, 0.1) is 19.1 Å². The molecule has 1 fully saturated rings. The smallest absolute Gasteiger partial charge is 0.310 e. The number of piperidine rings is 1. The van der Waals surface area contributed by atoms with E-state index in [-0.39, 0.29) is 36.7 Å². The van der Waals surface area contributed by atoms with Crippen LogP contribution in [0.15, 0.2) is 18.2 Å². The van der Waals surface area contributed by atoms with Gasteiger partial charge in [0.1, 0.15) is 0 Å². The zero-order chi connectivity index (χ0) is 20.7. The van der Waals surface area contributed by atoms with Gasteiger partial charge in [-0.15, -0.1) is 0 Å². The molecule has 2 rings (SSSR count). The van der Waals surface area contributed by atoms with Crippen LogP contribution in [0.25, 0.3) is 0 Å². The second kappa shape index (κ2) is 10.7. The van der Waals surface area contributed by atoms with Crippen LogP contribution < -0.4 is 0 Å². The Morgan fingerprint density at radius 3 is 2.71 bits per heavy atom. The summed E-state index contributed by atoms with van der Waals surface area (Å²) >= 11 is 12.0. The molecule has 0 bridgehead atoms. The highest BCUT2D eigenvalue weighted by molar-refractivity contribution is 6.35. The average Bonchev–Trinajstić information content (AvgIpc) is 2.67. The lowest BCUT2D eigenvalue weighted by atomic mass is 9.98. The zero-order valence-electron chi connectivity index (χ0n) is 16.2. The molecular formula is C20H26Cl2N2O4. The molecular weight excluding hydrogens is 403 g/mol. The van der Waals surface area contributed by atoms with Gasteiger partial charge in [0.15, 0.2) is 0 Å². The minimum atomic E-state index is -0.286. The first-order valence-electron chi connectivity index (χ1n) is 9.44. The number of likely N-dealkylation sites (tertiary alicyclic amines) is 1. The first-order valence-corrected chi connectivity index (χ1v) is 10.2. The number of amides is 2. The van der Waals surface area contributed by atoms with E-state index >= 15 is 0 Å². The van der Waals surface area contributed by atoms with Crippen molar-refractivity contribution in [2.24, 2.45) is 5.92 Å². The van der Waals surface area contributed by atoms with E-state index < -0.39 is 0 Å². The van der Waals surface area contributed by atoms with E-state index in [1.54, 1.807) is 37.1 Å². The van der Waals surface area contributed by atoms with Gasteiger partial charge in [-0.05, 0) is 43.9 Å². The Bertz CT molecular complexity index is 726. The molecule has 1 unspecified atom stereocenters. The molecule has 1 aliphatic heterocycles. The van der Waals surface area contributed by atoms with Crippen LogP contribution in [0.3, 0.4) is 0 Å². The minimum Gasteiger partial charge on any atom is -0.466 e. The number of carbonyl (C=O) groups is 3. The Hall–Kier alpha value is -1.79. The molecule has 1 aromatic carbocycles. The van der Waals surface area contributed by atoms with Crippen molar-refractivity contribution in [2.45, 2.75) is 32.6 Å². The number of hydrogen-bond donors (Lipinski definition) is 0. The van der Waals surface area contributed by atoms with E-state index in [1.807, 2.05) is 0 Å². The average molecular weight is 429 g/mol. The molecule has 8 heteroatoms. The van der Waals surface area contributed by atoms with Crippen LogP contribution in [-0.4, -0.2) is 60.9 Å². The van der Waals surface area contributed by atoms with Gasteiger partial charge in [0, 0.05) is 36.6 Å². The molecule has 1 aliphatic rings. The highest BCUT2D eigenvalue weighted by Gasteiger charge is 2.30. The maximum Gasteiger partial charge on any atom is 0.310 e. The third-order valence-corrected chi connectivity index (χ3v) is 5.40. The largest absolute Gasteiger partial charge is 0.466 e. The predicted molar refractivity (Wildman–Crippen MR) is 108 cm³/mol. The summed E-state index contributed by atoms with van der Waals surface area (Å²) in [6, 6.07) is 5.18. The van der Waals surface area contributed by atoms with Gasteiger partial charge in [-0.2, -0.15) is 0 Å². The lowest BCUT2D eigenvalue weighted by molar-refractivity contribution is -0.152. The molecule has 0 aliphatic carbocycles. The fourth-order valence-corrected chi connectivity index (χ4v) is 3.71. The Labute approximate surface area is 175 Å². The summed E-state index contributed by atoms with van der Waals surface area (Å²) < 4.78 is 5.06. The van der Waals surface area contributed by atoms with Crippen LogP contribution in [0.2, 0.25) is 10.0 Å². The maximum absolute atomic E-state index is 12.5. The molecule has 1 atom stereocenters. The number of hydrogen-bond acceptors (Lipinski definition) is 4. The first-order chi connectivity index (χ1) is 13.3. The van der Waals surface area contributed by atoms with Crippen molar-refractivity contribution in [1.29, 1.82) is 0 Å². The lowest BCUT2D eigenvalue weighted by Gasteiger charge is -2.32. The summed E-state index contributed by atoms with van der Waals surface area (Å²) in [6.45, 7) is 3.03. The van der Waals surface area contributed by atoms with Crippen LogP contribution in [0.5, 0.6) is 0 Å². The monoisotopic (exact) mass is 428 g/mol. The lowest BCUT2D eigenvalue weighted by Crippen LogP contribution is -2.47. The van der Waals surface area contributed by atoms with E-state index in [2.05, 4.69) is 0 Å². The van der Waals surface area contributed by atoms with Crippen molar-refractivity contribution >= 4 is 41.0 Å². The van der Waals surface area contributed by atoms with Crippen LogP contribution in [-0.2, 0) is 25.5 Å². The van der Waals surface area contributed by atoms with Crippen LogP contribution in [0, 0.1) is 5.92 Å². The molecule has 0 saturated carbocycles. The van der Waals surface area contributed by atoms with Gasteiger partial charge in [0.2, 0.25) is 11.8 Å². The van der Waals surface area contributed by atoms with Crippen LogP contribution in [0.4, 0.5) is 0 Å². The topological polar surface area (TPSA) is 66.9 Å². The van der Waals surface area contributed by atoms with Crippen molar-refractivity contribution in [3.63, 3.8) is 0 Å². The Kier molecular flexibility index (Phi) is 8.58. The number of benzene rings is 1. The van der Waals surface area contributed by atoms with Gasteiger partial charge in [-0.25, -0.2) is 0 Å². The highest BCUT2D eigenvalue weighted by atomic mass is 35.5. The van der Waals surface area contributed by atoms with E-state index in [0.717, 1.165) is 18.4 Å². The number of ether oxygens (including phenoxy) is 1. The van der Waals surface area contributed by atoms with Crippen molar-refractivity contribution in [3.05, 3.63) is 33.8 Å². The van der Waals surface area contributed by atoms with Crippen molar-refractivity contribution in [2.75, 3.05) is 33.3 Å². The molecule has 2 amide bonds. The summed E-state index contributed by atoms with van der Waals surface area (Å²) in [5.41, 5.74) is 0.840. The normalized spacial score (nSPS) is 16.6. The summed E-state index contributed by atoms with van der Waals surface area (Å²) in [4.78, 5) is 39.9. The second-order valence-corrected chi connectivity index (χ2v) is 7.76. The molecule has 0 radical (unpaired) electrons. The second-order valence-electron chi connectivity index (χ2n) is 6.92. The molecule has 0 N–H and O–H groups in total. The summed E-state index contributed by atoms with van der Waals surface area (Å²) in [5, 5.41) is 1.07. The Morgan fingerprint density at radius 2 is 2.04 bits per heavy atom. The molecule has 6 nitrogen and oxygen atoms in total. The molecule has 1 heterocycles. The van der Waals surface area contributed by atoms with Gasteiger partial charge < -0.3 is 14.5 Å². The molecule has 1 saturated heterocycles. The third-order valence-electron chi connectivity index (χ3n) is 4.82. The van der Waals surface area contributed by atoms with Crippen LogP contribution in [0.1, 0.15) is 31.7 Å². The van der Waals surface area contributed by atoms with E-state index in [0.29, 0.717) is 36.2 Å². The molecule has 154 valence electrons. The summed E-state index contributed by atoms with van der Waals surface area (Å²) in [5.74, 6) is -0.845. The minimum absolute atomic E-state index is 0.0112. The summed E-state index contributed by atoms with van der Waals surface area (Å²) in [6.07, 6.45) is 2.19. The number of rotatable bonds is 7. The number of likely N-dealkylation sites (N-methyl/N-ethyl adjacent to an activating group) is 1. The van der Waals surface area contributed by atoms with E-state index in [9.17, 15) is 14.4 Å². The number of halogens is 2. The highest BCUT2D eigenvalue weighted by Crippen LogP contribution is 2.22. The Balaban J connectivity index is 1.83. The van der Waals surface area contributed by atoms with Crippen molar-refractivity contribution < 1.29 is 19.1 Å². The first kappa shape index (κ1) is 22.5. The zero-order valence-corrected chi connectivity index (χ0v) is 17.8. The SMILES string of the molecule is CCOC(=O)C1CCCN(C(=O)CN(C)C(=O)CCc2ccc(Cl)cc2Cl)C1. The van der Waals surface area contributed by atoms with E-state index in [4.69, 9.17) is 27.9 Å². The van der Waals surface area contributed by atoms with E-state index in [1.165, 1.54) is 4.90 Å². The fourth-order valence-electron chi connectivity index (χ4n) is 3.20. The van der Waals surface area contributed by atoms with Gasteiger partial charge in [0.25, 0.3) is 0 Å². The van der Waals surface area contributed by atoms with Crippen LogP contribution >= 0.6 is 23.2 Å². The molecule has 28 heavy (non-hydrogen) atoms. The van der Waals surface area contributed by atoms with Gasteiger partial charge >= 0.3 is 5.97 Å². The van der Waals surface area contributed by atoms with Gasteiger partial charge in [-0.1, -0.05) is 29.3 Å². The number of carbonyl (C=O) groups excluding carboxylic acids is 3. The molecule has 0 spiro atoms. The van der Waals surface area contributed by atoms with Gasteiger partial charge in [-0.3, -0.25) is 14.4 Å². The maximum atomic E-state index is 12.5.